The molecule has 0 amide bonds. The lowest BCUT2D eigenvalue weighted by Crippen LogP contribution is -2.35. The normalized spacial score (nSPS) is 14.9. The third-order valence-corrected chi connectivity index (χ3v) is 7.14. The molecule has 8 heteroatoms. The zero-order valence-electron chi connectivity index (χ0n) is 14.0. The fraction of sp³-hybridized carbons (Fsp3) is 0.294. The molecule has 0 fully saturated rings. The Hall–Kier alpha value is -2.06. The first-order chi connectivity index (χ1) is 11.7. The highest BCUT2D eigenvalue weighted by molar-refractivity contribution is 7.93. The van der Waals surface area contributed by atoms with E-state index in [1.54, 1.807) is 12.1 Å². The molecule has 0 saturated carbocycles. The second-order valence-electron chi connectivity index (χ2n) is 5.89. The van der Waals surface area contributed by atoms with E-state index in [4.69, 9.17) is 4.74 Å². The minimum absolute atomic E-state index is 0.0582. The summed E-state index contributed by atoms with van der Waals surface area (Å²) >= 11 is 0. The van der Waals surface area contributed by atoms with E-state index >= 15 is 0 Å². The monoisotopic (exact) mass is 381 g/mol. The van der Waals surface area contributed by atoms with Crippen LogP contribution < -0.4 is 9.04 Å². The predicted molar refractivity (Wildman–Crippen MR) is 95.4 cm³/mol. The number of sulfonamides is 1. The maximum atomic E-state index is 13.3. The highest BCUT2D eigenvalue weighted by Gasteiger charge is 2.32. The Bertz CT molecular complexity index is 1010. The van der Waals surface area contributed by atoms with Crippen LogP contribution in [0.4, 0.5) is 5.69 Å². The summed E-state index contributed by atoms with van der Waals surface area (Å²) in [5.74, 6) is 0.121. The SMILES string of the molecule is COc1ccc(S(C)(=O)=O)cc1S(=O)(=O)N1CCCc2ccccc21. The van der Waals surface area contributed by atoms with Gasteiger partial charge >= 0.3 is 0 Å². The highest BCUT2D eigenvalue weighted by atomic mass is 32.2. The van der Waals surface area contributed by atoms with Crippen molar-refractivity contribution in [2.24, 2.45) is 0 Å². The van der Waals surface area contributed by atoms with Crippen molar-refractivity contribution in [2.75, 3.05) is 24.2 Å². The number of hydrogen-bond donors (Lipinski definition) is 0. The maximum Gasteiger partial charge on any atom is 0.268 e. The van der Waals surface area contributed by atoms with E-state index in [0.29, 0.717) is 18.7 Å². The molecule has 2 aromatic rings. The predicted octanol–water partition coefficient (Wildman–Crippen LogP) is 2.24. The van der Waals surface area contributed by atoms with Crippen LogP contribution in [0.3, 0.4) is 0 Å². The number of anilines is 1. The molecule has 0 unspecified atom stereocenters. The average Bonchev–Trinajstić information content (AvgIpc) is 2.59. The van der Waals surface area contributed by atoms with Crippen LogP contribution in [-0.2, 0) is 26.3 Å². The molecule has 0 radical (unpaired) electrons. The Kier molecular flexibility index (Phi) is 4.51. The molecule has 1 aliphatic heterocycles. The number of aryl methyl sites for hydroxylation is 1. The highest BCUT2D eigenvalue weighted by Crippen LogP contribution is 2.35. The number of rotatable bonds is 4. The standard InChI is InChI=1S/C17H19NO5S2/c1-23-16-10-9-14(24(2,19)20)12-17(16)25(21,22)18-11-5-7-13-6-3-4-8-15(13)18/h3-4,6,8-10,12H,5,7,11H2,1-2H3. The lowest BCUT2D eigenvalue weighted by molar-refractivity contribution is 0.402. The van der Waals surface area contributed by atoms with Crippen molar-refractivity contribution < 1.29 is 21.6 Å². The van der Waals surface area contributed by atoms with Crippen molar-refractivity contribution in [1.82, 2.24) is 0 Å². The Balaban J connectivity index is 2.19. The van der Waals surface area contributed by atoms with Crippen LogP contribution in [0.25, 0.3) is 0 Å². The minimum atomic E-state index is -3.96. The number of sulfone groups is 1. The number of benzene rings is 2. The molecule has 2 aromatic carbocycles. The molecule has 0 spiro atoms. The van der Waals surface area contributed by atoms with Crippen LogP contribution in [0.15, 0.2) is 52.3 Å². The molecule has 1 aliphatic rings. The molecule has 25 heavy (non-hydrogen) atoms. The summed E-state index contributed by atoms with van der Waals surface area (Å²) in [6.07, 6.45) is 2.55. The number of hydrogen-bond acceptors (Lipinski definition) is 5. The van der Waals surface area contributed by atoms with Crippen molar-refractivity contribution in [3.63, 3.8) is 0 Å². The number of fused-ring (bicyclic) bond motifs is 1. The molecule has 0 aromatic heterocycles. The van der Waals surface area contributed by atoms with E-state index in [-0.39, 0.29) is 15.5 Å². The lowest BCUT2D eigenvalue weighted by Gasteiger charge is -2.30. The van der Waals surface area contributed by atoms with Gasteiger partial charge in [-0.1, -0.05) is 18.2 Å². The van der Waals surface area contributed by atoms with E-state index in [9.17, 15) is 16.8 Å². The number of ether oxygens (including phenoxy) is 1. The second kappa shape index (κ2) is 6.34. The maximum absolute atomic E-state index is 13.3. The second-order valence-corrected chi connectivity index (χ2v) is 9.74. The zero-order valence-corrected chi connectivity index (χ0v) is 15.6. The van der Waals surface area contributed by atoms with Crippen molar-refractivity contribution in [3.05, 3.63) is 48.0 Å². The molecule has 0 saturated heterocycles. The third-order valence-electron chi connectivity index (χ3n) is 4.20. The summed E-state index contributed by atoms with van der Waals surface area (Å²) in [6.45, 7) is 0.339. The number of para-hydroxylation sites is 1. The molecule has 1 heterocycles. The summed E-state index contributed by atoms with van der Waals surface area (Å²) in [6, 6.07) is 11.2. The summed E-state index contributed by atoms with van der Waals surface area (Å²) in [4.78, 5) is -0.202. The molecule has 3 rings (SSSR count). The number of methoxy groups -OCH3 is 1. The van der Waals surface area contributed by atoms with Gasteiger partial charge < -0.3 is 4.74 Å². The van der Waals surface area contributed by atoms with Crippen LogP contribution in [0.2, 0.25) is 0 Å². The first-order valence-electron chi connectivity index (χ1n) is 7.74. The van der Waals surface area contributed by atoms with Crippen LogP contribution in [-0.4, -0.2) is 36.7 Å². The first-order valence-corrected chi connectivity index (χ1v) is 11.1. The minimum Gasteiger partial charge on any atom is -0.495 e. The molecule has 0 N–H and O–H groups in total. The summed E-state index contributed by atoms with van der Waals surface area (Å²) in [5.41, 5.74) is 1.58. The molecule has 134 valence electrons. The third kappa shape index (κ3) is 3.23. The number of nitrogens with zero attached hydrogens (tertiary/aromatic N) is 1. The zero-order chi connectivity index (χ0) is 18.2. The van der Waals surface area contributed by atoms with E-state index in [0.717, 1.165) is 18.2 Å². The summed E-state index contributed by atoms with van der Waals surface area (Å²) in [5, 5.41) is 0. The van der Waals surface area contributed by atoms with E-state index in [2.05, 4.69) is 0 Å². The van der Waals surface area contributed by atoms with Crippen LogP contribution in [0, 0.1) is 0 Å². The molecular formula is C17H19NO5S2. The lowest BCUT2D eigenvalue weighted by atomic mass is 10.0. The van der Waals surface area contributed by atoms with Crippen molar-refractivity contribution in [3.8, 4) is 5.75 Å². The smallest absolute Gasteiger partial charge is 0.268 e. The molecular weight excluding hydrogens is 362 g/mol. The van der Waals surface area contributed by atoms with Gasteiger partial charge in [0.15, 0.2) is 9.84 Å². The largest absolute Gasteiger partial charge is 0.495 e. The topological polar surface area (TPSA) is 80.8 Å². The Morgan fingerprint density at radius 2 is 1.76 bits per heavy atom. The van der Waals surface area contributed by atoms with Gasteiger partial charge in [-0.05, 0) is 42.7 Å². The summed E-state index contributed by atoms with van der Waals surface area (Å²) in [7, 11) is -6.14. The van der Waals surface area contributed by atoms with Crippen LogP contribution in [0.5, 0.6) is 5.75 Å². The Morgan fingerprint density at radius 1 is 1.04 bits per heavy atom. The van der Waals surface area contributed by atoms with Crippen molar-refractivity contribution in [2.45, 2.75) is 22.6 Å². The Morgan fingerprint density at radius 3 is 2.44 bits per heavy atom. The van der Waals surface area contributed by atoms with Gasteiger partial charge in [0.25, 0.3) is 10.0 Å². The molecule has 0 atom stereocenters. The van der Waals surface area contributed by atoms with Crippen LogP contribution in [0.1, 0.15) is 12.0 Å². The Labute approximate surface area is 148 Å². The average molecular weight is 381 g/mol. The fourth-order valence-corrected chi connectivity index (χ4v) is 5.40. The van der Waals surface area contributed by atoms with Gasteiger partial charge in [0.1, 0.15) is 10.6 Å². The molecule has 0 bridgehead atoms. The fourth-order valence-electron chi connectivity index (χ4n) is 2.96. The van der Waals surface area contributed by atoms with Gasteiger partial charge in [-0.15, -0.1) is 0 Å². The van der Waals surface area contributed by atoms with Gasteiger partial charge in [-0.2, -0.15) is 0 Å². The van der Waals surface area contributed by atoms with Gasteiger partial charge in [0.05, 0.1) is 17.7 Å². The van der Waals surface area contributed by atoms with Crippen molar-refractivity contribution >= 4 is 25.5 Å². The van der Waals surface area contributed by atoms with Gasteiger partial charge in [0, 0.05) is 12.8 Å². The van der Waals surface area contributed by atoms with E-state index in [1.807, 2.05) is 12.1 Å². The molecule has 0 aliphatic carbocycles. The first kappa shape index (κ1) is 17.8. The quantitative estimate of drug-likeness (QED) is 0.811. The van der Waals surface area contributed by atoms with Gasteiger partial charge in [-0.3, -0.25) is 4.31 Å². The van der Waals surface area contributed by atoms with Crippen molar-refractivity contribution in [1.29, 1.82) is 0 Å². The van der Waals surface area contributed by atoms with E-state index < -0.39 is 19.9 Å². The van der Waals surface area contributed by atoms with E-state index in [1.165, 1.54) is 29.6 Å². The van der Waals surface area contributed by atoms with Crippen LogP contribution >= 0.6 is 0 Å². The molecule has 6 nitrogen and oxygen atoms in total. The van der Waals surface area contributed by atoms with Gasteiger partial charge in [-0.25, -0.2) is 16.8 Å². The van der Waals surface area contributed by atoms with Gasteiger partial charge in [0.2, 0.25) is 0 Å². The summed E-state index contributed by atoms with van der Waals surface area (Å²) < 4.78 is 56.7.